The number of carboxylic acids is 1. The van der Waals surface area contributed by atoms with E-state index in [1.54, 1.807) is 53.7 Å². The zero-order valence-electron chi connectivity index (χ0n) is 71.1. The highest BCUT2D eigenvalue weighted by Gasteiger charge is 2.46. The smallest absolute Gasteiger partial charge is 0.303 e. The summed E-state index contributed by atoms with van der Waals surface area (Å²) in [7, 11) is 0. The van der Waals surface area contributed by atoms with Crippen molar-refractivity contribution in [3.63, 3.8) is 0 Å². The number of aliphatic carboxylic acids is 1. The number of rotatable bonds is 23. The lowest BCUT2D eigenvalue weighted by Gasteiger charge is -2.35. The van der Waals surface area contributed by atoms with Gasteiger partial charge in [0.2, 0.25) is 70.9 Å². The lowest BCUT2D eigenvalue weighted by Crippen LogP contribution is -2.65. The van der Waals surface area contributed by atoms with Crippen LogP contribution in [0.25, 0.3) is 0 Å². The molecule has 4 unspecified atom stereocenters. The molecule has 6 aliphatic rings. The molecule has 5 fully saturated rings. The van der Waals surface area contributed by atoms with Gasteiger partial charge in [0, 0.05) is 55.1 Å². The summed E-state index contributed by atoms with van der Waals surface area (Å²) in [6.45, 7) is 23.2. The first-order chi connectivity index (χ1) is 56.5. The van der Waals surface area contributed by atoms with E-state index >= 15 is 33.6 Å². The van der Waals surface area contributed by atoms with Crippen LogP contribution in [0.5, 0.6) is 0 Å². The predicted octanol–water partition coefficient (Wildman–Crippen LogP) is 2.96. The number of piperidine rings is 1. The summed E-state index contributed by atoms with van der Waals surface area (Å²) < 4.78 is 0. The predicted molar refractivity (Wildman–Crippen MR) is 457 cm³/mol. The SMILES string of the molecule is C=CCCC[C@]1(C)NC(=O)[C@H](CCC)NC(=O)[C@H](CC2CCC(O)CC2)NC(=O)[C@H](CCC(=O)O)NC(=O)[C@](C)(CCCC=C)NC(=O)[C@H](CC2CNC3NCCCC23)NC(=O)[C@H](C(C)C)NC(=O)[C@H](CC2CNCN2)NC(=O)[C@H](CC2CCC(O)CC2)NC(=O)[C@H](C(C)(C)C)NC(=O)CCSCc2cccc(c2)CSC[C@@H](C(N)=O)NC1=O. The molecule has 2 saturated carbocycles. The van der Waals surface area contributed by atoms with Gasteiger partial charge in [0.05, 0.1) is 18.4 Å². The molecule has 4 heterocycles. The minimum Gasteiger partial charge on any atom is -0.481 e. The van der Waals surface area contributed by atoms with Crippen molar-refractivity contribution in [1.29, 1.82) is 0 Å². The molecule has 3 saturated heterocycles. The first-order valence-corrected chi connectivity index (χ1v) is 45.4. The highest BCUT2D eigenvalue weighted by molar-refractivity contribution is 7.98. The van der Waals surface area contributed by atoms with Gasteiger partial charge in [-0.15, -0.1) is 13.2 Å². The van der Waals surface area contributed by atoms with Crippen molar-refractivity contribution >= 4 is 100 Å². The van der Waals surface area contributed by atoms with Gasteiger partial charge in [-0.3, -0.25) is 62.3 Å². The average Bonchev–Trinajstić information content (AvgIpc) is 1.80. The van der Waals surface area contributed by atoms with E-state index in [2.05, 4.69) is 92.9 Å². The molecule has 2 aliphatic carbocycles. The Morgan fingerprint density at radius 2 is 1.11 bits per heavy atom. The van der Waals surface area contributed by atoms with Gasteiger partial charge in [0.1, 0.15) is 65.5 Å². The van der Waals surface area contributed by atoms with Crippen LogP contribution in [-0.2, 0) is 73.8 Å². The number of thioether (sulfide) groups is 2. The fraction of sp³-hybridized carbons (Fsp3) is 0.729. The molecule has 15 atom stereocenters. The summed E-state index contributed by atoms with van der Waals surface area (Å²) >= 11 is 2.84. The zero-order chi connectivity index (χ0) is 87.2. The minimum absolute atomic E-state index is 0.0113. The molecule has 12 amide bonds. The van der Waals surface area contributed by atoms with Crippen LogP contribution in [0.2, 0.25) is 0 Å². The van der Waals surface area contributed by atoms with Crippen LogP contribution in [0.4, 0.5) is 0 Å². The van der Waals surface area contributed by atoms with Crippen molar-refractivity contribution in [3.05, 3.63) is 60.7 Å². The van der Waals surface area contributed by atoms with Gasteiger partial charge in [-0.25, -0.2) is 0 Å². The maximum atomic E-state index is 15.6. The number of benzene rings is 1. The molecule has 2 bridgehead atoms. The number of nitrogens with two attached hydrogens (primary N) is 1. The van der Waals surface area contributed by atoms with Crippen LogP contribution in [0.3, 0.4) is 0 Å². The summed E-state index contributed by atoms with van der Waals surface area (Å²) in [5, 5.41) is 76.6. The van der Waals surface area contributed by atoms with Crippen LogP contribution >= 0.6 is 23.5 Å². The van der Waals surface area contributed by atoms with Crippen molar-refractivity contribution in [3.8, 4) is 0 Å². The molecule has 666 valence electrons. The second-order valence-corrected chi connectivity index (χ2v) is 37.6. The lowest BCUT2D eigenvalue weighted by molar-refractivity contribution is -0.140. The van der Waals surface area contributed by atoms with Gasteiger partial charge in [-0.1, -0.05) is 84.4 Å². The number of amides is 12. The quantitative estimate of drug-likeness (QED) is 0.0553. The second-order valence-electron chi connectivity index (χ2n) is 35.5. The first kappa shape index (κ1) is 98.4. The fourth-order valence-corrected chi connectivity index (χ4v) is 18.7. The molecule has 0 aromatic heterocycles. The minimum atomic E-state index is -1.92. The van der Waals surface area contributed by atoms with E-state index in [4.69, 9.17) is 5.73 Å². The number of aliphatic hydroxyl groups excluding tert-OH is 2. The lowest BCUT2D eigenvalue weighted by atomic mass is 9.82. The Morgan fingerprint density at radius 3 is 1.65 bits per heavy atom. The number of carbonyl (C=O) groups is 13. The number of hydrogen-bond donors (Lipinski definition) is 19. The molecule has 4 aliphatic heterocycles. The molecule has 20 N–H and O–H groups in total. The number of fused-ring (bicyclic) bond motifs is 3. The van der Waals surface area contributed by atoms with E-state index in [1.807, 2.05) is 24.3 Å². The molecular weight excluding hydrogens is 1570 g/mol. The number of nitrogens with one attached hydrogen (secondary N) is 15. The molecular formula is C85H138N16O16S2. The summed E-state index contributed by atoms with van der Waals surface area (Å²) in [4.78, 5) is 191. The van der Waals surface area contributed by atoms with Gasteiger partial charge in [-0.05, 0) is 214 Å². The van der Waals surface area contributed by atoms with Crippen molar-refractivity contribution in [2.45, 2.75) is 317 Å². The van der Waals surface area contributed by atoms with E-state index < -0.39 is 179 Å². The van der Waals surface area contributed by atoms with Crippen molar-refractivity contribution in [2.24, 2.45) is 40.7 Å². The monoisotopic (exact) mass is 1700 g/mol. The van der Waals surface area contributed by atoms with Gasteiger partial charge < -0.3 is 101 Å². The van der Waals surface area contributed by atoms with Crippen LogP contribution in [0.1, 0.15) is 227 Å². The standard InChI is InChI=1S/C85H138N16O16S2/c1-11-14-16-35-84(9)81(116)96-61(32-33-68(105)106)73(108)92-62(40-51-24-28-57(102)29-25-51)74(109)91-60(20-13-3)77(112)100-85(10,36-17-15-12-2)82(117)97-66(71(86)107)48-119-47-54-22-18-21-53(39-54)46-118-38-34-67(104)98-70(83(6,7)8)80(115)95-63(41-52-26-30-58(103)31-27-52)75(110)93-65(43-56-45-87-49-90-56)76(111)99-69(50(4)5)79(114)94-64(78(113)101-84)42-55-44-89-72-59(55)23-19-37-88-72/h11-12,18,21-22,39,50-52,55-66,69-70,72,87-90,102-103H,1-2,13-17,19-20,23-38,40-49H2,3-10H3,(H2,86,107)(H,91,109)(H,92,108)(H,93,110)(H,94,114)(H,95,115)(H,96,116)(H,97,117)(H,98,104)(H,99,111)(H,100,112)(H,101,113)(H,105,106)/t51?,52?,55?,56?,57?,58?,59?,60-,61-,62-,63-,64-,65-,66-,69-,70+,72?,84-,85-/m0/s1. The molecule has 34 heteroatoms. The third kappa shape index (κ3) is 31.6. The van der Waals surface area contributed by atoms with Crippen molar-refractivity contribution in [1.82, 2.24) is 79.8 Å². The van der Waals surface area contributed by atoms with E-state index in [1.165, 1.54) is 37.4 Å². The van der Waals surface area contributed by atoms with Crippen molar-refractivity contribution < 1.29 is 77.6 Å². The zero-order valence-corrected chi connectivity index (χ0v) is 72.8. The fourth-order valence-electron chi connectivity index (χ4n) is 16.8. The Labute approximate surface area is 710 Å². The Balaban J connectivity index is 1.27. The van der Waals surface area contributed by atoms with Crippen molar-refractivity contribution in [2.75, 3.05) is 37.8 Å². The second kappa shape index (κ2) is 48.2. The summed E-state index contributed by atoms with van der Waals surface area (Å²) in [5.41, 5.74) is 3.31. The molecule has 32 nitrogen and oxygen atoms in total. The normalized spacial score (nSPS) is 32.1. The molecule has 1 aromatic rings. The molecule has 0 spiro atoms. The van der Waals surface area contributed by atoms with Crippen LogP contribution < -0.4 is 85.5 Å². The van der Waals surface area contributed by atoms with Crippen LogP contribution in [0.15, 0.2) is 49.6 Å². The highest BCUT2D eigenvalue weighted by Crippen LogP contribution is 2.34. The molecule has 7 rings (SSSR count). The van der Waals surface area contributed by atoms with Crippen LogP contribution in [0, 0.1) is 35.0 Å². The third-order valence-corrected chi connectivity index (χ3v) is 26.2. The summed E-state index contributed by atoms with van der Waals surface area (Å²) in [6.07, 6.45) is 8.27. The topological polar surface area (TPSA) is 489 Å². The molecule has 1 aromatic carbocycles. The Kier molecular flexibility index (Phi) is 39.9. The van der Waals surface area contributed by atoms with E-state index in [-0.39, 0.29) is 99.4 Å². The number of carbonyl (C=O) groups excluding carboxylic acids is 12. The van der Waals surface area contributed by atoms with Gasteiger partial charge in [-0.2, -0.15) is 23.5 Å². The number of unbranched alkanes of at least 4 members (excludes halogenated alkanes) is 2. The van der Waals surface area contributed by atoms with E-state index in [0.717, 1.165) is 30.5 Å². The summed E-state index contributed by atoms with van der Waals surface area (Å²) in [5.74, 6) is -10.3. The Hall–Kier alpha value is -7.73. The van der Waals surface area contributed by atoms with E-state index in [9.17, 15) is 44.1 Å². The summed E-state index contributed by atoms with van der Waals surface area (Å²) in [6, 6.07) is -4.67. The average molecular weight is 1700 g/mol. The maximum Gasteiger partial charge on any atom is 0.303 e. The number of primary amides is 1. The molecule has 0 radical (unpaired) electrons. The van der Waals surface area contributed by atoms with E-state index in [0.29, 0.717) is 114 Å². The maximum absolute atomic E-state index is 15.6. The number of aliphatic hydroxyl groups is 2. The number of carboxylic acid groups (broad SMARTS) is 1. The van der Waals surface area contributed by atoms with Gasteiger partial charge in [0.25, 0.3) is 0 Å². The largest absolute Gasteiger partial charge is 0.481 e. The highest BCUT2D eigenvalue weighted by atomic mass is 32.2. The first-order valence-electron chi connectivity index (χ1n) is 43.1. The Morgan fingerprint density at radius 1 is 0.597 bits per heavy atom. The third-order valence-electron chi connectivity index (χ3n) is 24.0. The van der Waals surface area contributed by atoms with Gasteiger partial charge >= 0.3 is 5.97 Å². The number of hydrogen-bond acceptors (Lipinski definition) is 21. The Bertz CT molecular complexity index is 3610. The number of allylic oxidation sites excluding steroid dienone is 2. The van der Waals surface area contributed by atoms with Crippen LogP contribution in [-0.4, -0.2) is 220 Å². The molecule has 119 heavy (non-hydrogen) atoms. The van der Waals surface area contributed by atoms with Gasteiger partial charge in [0.15, 0.2) is 0 Å².